The lowest BCUT2D eigenvalue weighted by Crippen LogP contribution is -2.50. The molecule has 4 bridgehead atoms. The lowest BCUT2D eigenvalue weighted by Gasteiger charge is -2.55. The molecule has 0 saturated heterocycles. The van der Waals surface area contributed by atoms with Crippen LogP contribution in [0.4, 0.5) is 0 Å². The topological polar surface area (TPSA) is 26.3 Å². The SMILES string of the molecule is [CH2]C#CCOC(=O)C12CC3CC(CC(C3)C1)C2. The van der Waals surface area contributed by atoms with Crippen LogP contribution in [0.1, 0.15) is 38.5 Å². The molecule has 0 aromatic carbocycles. The van der Waals surface area contributed by atoms with E-state index < -0.39 is 0 Å². The minimum Gasteiger partial charge on any atom is -0.452 e. The molecule has 0 amide bonds. The fraction of sp³-hybridized carbons (Fsp3) is 0.733. The Labute approximate surface area is 103 Å². The lowest BCUT2D eigenvalue weighted by molar-refractivity contribution is -0.170. The molecule has 0 heterocycles. The van der Waals surface area contributed by atoms with Crippen molar-refractivity contribution in [3.63, 3.8) is 0 Å². The van der Waals surface area contributed by atoms with Gasteiger partial charge in [0, 0.05) is 6.92 Å². The highest BCUT2D eigenvalue weighted by Gasteiger charge is 2.55. The van der Waals surface area contributed by atoms with Gasteiger partial charge in [-0.05, 0) is 56.3 Å². The summed E-state index contributed by atoms with van der Waals surface area (Å²) in [6, 6.07) is 0. The van der Waals surface area contributed by atoms with Crippen LogP contribution >= 0.6 is 0 Å². The molecule has 2 heteroatoms. The van der Waals surface area contributed by atoms with Crippen LogP contribution in [0.5, 0.6) is 0 Å². The van der Waals surface area contributed by atoms with Crippen molar-refractivity contribution in [2.45, 2.75) is 38.5 Å². The summed E-state index contributed by atoms with van der Waals surface area (Å²) in [6.45, 7) is 3.63. The average molecular weight is 231 g/mol. The van der Waals surface area contributed by atoms with Crippen LogP contribution < -0.4 is 0 Å². The van der Waals surface area contributed by atoms with E-state index in [1.807, 2.05) is 0 Å². The minimum atomic E-state index is -0.141. The average Bonchev–Trinajstić information content (AvgIpc) is 2.27. The van der Waals surface area contributed by atoms with Gasteiger partial charge in [-0.2, -0.15) is 0 Å². The van der Waals surface area contributed by atoms with Crippen LogP contribution in [0.15, 0.2) is 0 Å². The number of esters is 1. The van der Waals surface area contributed by atoms with Gasteiger partial charge >= 0.3 is 5.97 Å². The predicted molar refractivity (Wildman–Crippen MR) is 64.7 cm³/mol. The van der Waals surface area contributed by atoms with E-state index in [4.69, 9.17) is 4.74 Å². The monoisotopic (exact) mass is 231 g/mol. The Morgan fingerprint density at radius 2 is 1.71 bits per heavy atom. The summed E-state index contributed by atoms with van der Waals surface area (Å²) in [4.78, 5) is 12.3. The maximum Gasteiger partial charge on any atom is 0.313 e. The Morgan fingerprint density at radius 1 is 1.18 bits per heavy atom. The lowest BCUT2D eigenvalue weighted by atomic mass is 9.49. The fourth-order valence-corrected chi connectivity index (χ4v) is 4.67. The van der Waals surface area contributed by atoms with Gasteiger partial charge in [0.2, 0.25) is 0 Å². The normalized spacial score (nSPS) is 41.8. The highest BCUT2D eigenvalue weighted by molar-refractivity contribution is 5.77. The summed E-state index contributed by atoms with van der Waals surface area (Å²) in [7, 11) is 0. The van der Waals surface area contributed by atoms with Crippen LogP contribution in [0.3, 0.4) is 0 Å². The Kier molecular flexibility index (Phi) is 2.65. The third-order valence-electron chi connectivity index (χ3n) is 4.87. The highest BCUT2D eigenvalue weighted by Crippen LogP contribution is 2.60. The maximum absolute atomic E-state index is 12.3. The Balaban J connectivity index is 1.72. The van der Waals surface area contributed by atoms with Crippen molar-refractivity contribution in [1.82, 2.24) is 0 Å². The predicted octanol–water partition coefficient (Wildman–Crippen LogP) is 2.58. The van der Waals surface area contributed by atoms with Crippen molar-refractivity contribution in [2.24, 2.45) is 23.2 Å². The third-order valence-corrected chi connectivity index (χ3v) is 4.87. The largest absolute Gasteiger partial charge is 0.452 e. The standard InChI is InChI=1S/C15H19O2/c1-2-3-4-17-14(16)15-8-11-5-12(9-15)7-13(6-11)10-15/h11-13H,1,4-10H2. The van der Waals surface area contributed by atoms with Crippen molar-refractivity contribution in [1.29, 1.82) is 0 Å². The molecule has 4 aliphatic rings. The van der Waals surface area contributed by atoms with Crippen LogP contribution in [0.2, 0.25) is 0 Å². The zero-order valence-corrected chi connectivity index (χ0v) is 10.2. The van der Waals surface area contributed by atoms with Crippen molar-refractivity contribution < 1.29 is 9.53 Å². The summed E-state index contributed by atoms with van der Waals surface area (Å²) in [5, 5.41) is 0. The number of hydrogen-bond acceptors (Lipinski definition) is 2. The van der Waals surface area contributed by atoms with Crippen molar-refractivity contribution in [3.8, 4) is 11.8 Å². The molecule has 4 rings (SSSR count). The molecule has 0 N–H and O–H groups in total. The van der Waals surface area contributed by atoms with E-state index >= 15 is 0 Å². The number of carbonyl (C=O) groups is 1. The number of carbonyl (C=O) groups excluding carboxylic acids is 1. The number of ether oxygens (including phenoxy) is 1. The van der Waals surface area contributed by atoms with Gasteiger partial charge in [-0.25, -0.2) is 0 Å². The fourth-order valence-electron chi connectivity index (χ4n) is 4.67. The Bertz CT molecular complexity index is 350. The molecular weight excluding hydrogens is 212 g/mol. The minimum absolute atomic E-state index is 0.0133. The molecule has 0 spiro atoms. The third kappa shape index (κ3) is 1.86. The highest BCUT2D eigenvalue weighted by atomic mass is 16.5. The van der Waals surface area contributed by atoms with E-state index in [0.717, 1.165) is 37.0 Å². The first-order valence-electron chi connectivity index (χ1n) is 6.64. The molecule has 2 nitrogen and oxygen atoms in total. The van der Waals surface area contributed by atoms with Crippen molar-refractivity contribution in [3.05, 3.63) is 6.92 Å². The molecule has 4 aliphatic carbocycles. The summed E-state index contributed by atoms with van der Waals surface area (Å²) < 4.78 is 5.31. The molecule has 0 aromatic heterocycles. The first-order chi connectivity index (χ1) is 8.22. The van der Waals surface area contributed by atoms with E-state index in [2.05, 4.69) is 18.8 Å². The molecule has 0 unspecified atom stereocenters. The molecule has 4 saturated carbocycles. The van der Waals surface area contributed by atoms with Gasteiger partial charge in [0.25, 0.3) is 0 Å². The van der Waals surface area contributed by atoms with Gasteiger partial charge in [0.05, 0.1) is 5.41 Å². The van der Waals surface area contributed by atoms with E-state index in [-0.39, 0.29) is 18.0 Å². The van der Waals surface area contributed by atoms with Gasteiger partial charge in [0.1, 0.15) is 0 Å². The maximum atomic E-state index is 12.3. The van der Waals surface area contributed by atoms with E-state index in [1.54, 1.807) is 0 Å². The summed E-state index contributed by atoms with van der Waals surface area (Å²) in [5.41, 5.74) is -0.141. The molecule has 17 heavy (non-hydrogen) atoms. The second-order valence-corrected chi connectivity index (χ2v) is 6.13. The van der Waals surface area contributed by atoms with Crippen molar-refractivity contribution >= 4 is 5.97 Å². The van der Waals surface area contributed by atoms with E-state index in [0.29, 0.717) is 0 Å². The van der Waals surface area contributed by atoms with E-state index in [1.165, 1.54) is 19.3 Å². The second kappa shape index (κ2) is 4.05. The molecule has 91 valence electrons. The summed E-state index contributed by atoms with van der Waals surface area (Å²) >= 11 is 0. The molecule has 1 radical (unpaired) electrons. The molecule has 0 aliphatic heterocycles. The van der Waals surface area contributed by atoms with Crippen LogP contribution in [0.25, 0.3) is 0 Å². The Hall–Kier alpha value is -0.970. The summed E-state index contributed by atoms with van der Waals surface area (Å²) in [6.07, 6.45) is 7.25. The Morgan fingerprint density at radius 3 is 2.18 bits per heavy atom. The van der Waals surface area contributed by atoms with Gasteiger partial charge in [-0.1, -0.05) is 11.8 Å². The first-order valence-corrected chi connectivity index (χ1v) is 6.64. The van der Waals surface area contributed by atoms with Gasteiger partial charge in [-0.15, -0.1) is 0 Å². The quantitative estimate of drug-likeness (QED) is 0.539. The molecule has 4 fully saturated rings. The van der Waals surface area contributed by atoms with E-state index in [9.17, 15) is 4.79 Å². The first kappa shape index (κ1) is 11.1. The van der Waals surface area contributed by atoms with Crippen LogP contribution in [-0.4, -0.2) is 12.6 Å². The number of rotatable bonds is 2. The van der Waals surface area contributed by atoms with Gasteiger partial charge in [0.15, 0.2) is 6.61 Å². The molecular formula is C15H19O2. The summed E-state index contributed by atoms with van der Waals surface area (Å²) in [5.74, 6) is 7.59. The number of hydrogen-bond donors (Lipinski definition) is 0. The second-order valence-electron chi connectivity index (χ2n) is 6.13. The zero-order chi connectivity index (χ0) is 11.9. The zero-order valence-electron chi connectivity index (χ0n) is 10.2. The van der Waals surface area contributed by atoms with Gasteiger partial charge in [-0.3, -0.25) is 4.79 Å². The smallest absolute Gasteiger partial charge is 0.313 e. The molecule has 0 aromatic rings. The van der Waals surface area contributed by atoms with Crippen LogP contribution in [0, 0.1) is 41.9 Å². The van der Waals surface area contributed by atoms with Crippen LogP contribution in [-0.2, 0) is 9.53 Å². The molecule has 0 atom stereocenters. The van der Waals surface area contributed by atoms with Crippen molar-refractivity contribution in [2.75, 3.05) is 6.61 Å². The van der Waals surface area contributed by atoms with Gasteiger partial charge < -0.3 is 4.74 Å².